The molecule has 0 radical (unpaired) electrons. The molecule has 1 aromatic heterocycles. The summed E-state index contributed by atoms with van der Waals surface area (Å²) in [6.07, 6.45) is 1.14. The van der Waals surface area contributed by atoms with E-state index >= 15 is 0 Å². The van der Waals surface area contributed by atoms with Gasteiger partial charge in [0.2, 0.25) is 0 Å². The van der Waals surface area contributed by atoms with Gasteiger partial charge in [0.05, 0.1) is 13.2 Å². The van der Waals surface area contributed by atoms with Gasteiger partial charge < -0.3 is 14.1 Å². The molecule has 0 spiro atoms. The summed E-state index contributed by atoms with van der Waals surface area (Å²) in [6.45, 7) is 10.6. The molecule has 2 rings (SSSR count). The third-order valence-electron chi connectivity index (χ3n) is 3.74. The van der Waals surface area contributed by atoms with Crippen LogP contribution in [0.1, 0.15) is 37.7 Å². The van der Waals surface area contributed by atoms with Crippen molar-refractivity contribution in [3.8, 4) is 0 Å². The normalized spacial score (nSPS) is 19.8. The molecular formula is C15H25NO2. The highest BCUT2D eigenvalue weighted by molar-refractivity contribution is 5.09. The lowest BCUT2D eigenvalue weighted by molar-refractivity contribution is -0.112. The molecule has 0 unspecified atom stereocenters. The largest absolute Gasteiger partial charge is 0.466 e. The molecule has 1 saturated heterocycles. The van der Waals surface area contributed by atoms with Gasteiger partial charge in [-0.1, -0.05) is 13.8 Å². The van der Waals surface area contributed by atoms with Gasteiger partial charge in [-0.15, -0.1) is 0 Å². The van der Waals surface area contributed by atoms with Crippen molar-refractivity contribution in [3.05, 3.63) is 23.7 Å². The van der Waals surface area contributed by atoms with Gasteiger partial charge in [-0.25, -0.2) is 0 Å². The van der Waals surface area contributed by atoms with E-state index in [1.807, 2.05) is 13.0 Å². The zero-order valence-corrected chi connectivity index (χ0v) is 12.0. The summed E-state index contributed by atoms with van der Waals surface area (Å²) in [5.41, 5.74) is 0.374. The monoisotopic (exact) mass is 251 g/mol. The van der Waals surface area contributed by atoms with E-state index in [2.05, 4.69) is 31.9 Å². The SMILES string of the molecule is Cc1ccc([C@H](C)CCN(C)CC2(C)COC2)o1. The first-order valence-electron chi connectivity index (χ1n) is 6.81. The molecule has 0 aliphatic carbocycles. The summed E-state index contributed by atoms with van der Waals surface area (Å²) in [5, 5.41) is 0. The molecule has 3 heteroatoms. The van der Waals surface area contributed by atoms with E-state index in [4.69, 9.17) is 9.15 Å². The Bertz CT molecular complexity index is 382. The van der Waals surface area contributed by atoms with Crippen molar-refractivity contribution in [1.82, 2.24) is 4.90 Å². The Morgan fingerprint density at radius 3 is 2.61 bits per heavy atom. The number of furan rings is 1. The van der Waals surface area contributed by atoms with Crippen LogP contribution in [0.15, 0.2) is 16.5 Å². The second-order valence-electron chi connectivity index (χ2n) is 6.18. The summed E-state index contributed by atoms with van der Waals surface area (Å²) in [5.74, 6) is 2.61. The third kappa shape index (κ3) is 3.36. The highest BCUT2D eigenvalue weighted by Gasteiger charge is 2.34. The molecule has 3 nitrogen and oxygen atoms in total. The molecule has 0 aromatic carbocycles. The van der Waals surface area contributed by atoms with Crippen molar-refractivity contribution >= 4 is 0 Å². The van der Waals surface area contributed by atoms with Crippen LogP contribution >= 0.6 is 0 Å². The molecule has 1 aromatic rings. The van der Waals surface area contributed by atoms with Crippen molar-refractivity contribution in [3.63, 3.8) is 0 Å². The van der Waals surface area contributed by atoms with Gasteiger partial charge in [0.25, 0.3) is 0 Å². The Hall–Kier alpha value is -0.800. The van der Waals surface area contributed by atoms with Crippen LogP contribution in [0.3, 0.4) is 0 Å². The smallest absolute Gasteiger partial charge is 0.107 e. The van der Waals surface area contributed by atoms with E-state index in [9.17, 15) is 0 Å². The zero-order valence-electron chi connectivity index (χ0n) is 12.0. The maximum absolute atomic E-state index is 5.67. The molecule has 0 amide bonds. The number of hydrogen-bond donors (Lipinski definition) is 0. The topological polar surface area (TPSA) is 25.6 Å². The molecule has 0 bridgehead atoms. The minimum Gasteiger partial charge on any atom is -0.466 e. The molecule has 1 aliphatic heterocycles. The van der Waals surface area contributed by atoms with Gasteiger partial charge in [0.15, 0.2) is 0 Å². The Labute approximate surface area is 110 Å². The highest BCUT2D eigenvalue weighted by Crippen LogP contribution is 2.28. The van der Waals surface area contributed by atoms with E-state index < -0.39 is 0 Å². The Morgan fingerprint density at radius 2 is 2.11 bits per heavy atom. The Balaban J connectivity index is 1.73. The lowest BCUT2D eigenvalue weighted by atomic mass is 9.88. The van der Waals surface area contributed by atoms with E-state index in [0.29, 0.717) is 11.3 Å². The Morgan fingerprint density at radius 1 is 1.39 bits per heavy atom. The Kier molecular flexibility index (Phi) is 4.13. The fraction of sp³-hybridized carbons (Fsp3) is 0.733. The number of hydrogen-bond acceptors (Lipinski definition) is 3. The number of aryl methyl sites for hydroxylation is 1. The molecule has 2 heterocycles. The molecule has 18 heavy (non-hydrogen) atoms. The van der Waals surface area contributed by atoms with Crippen LogP contribution in [0.5, 0.6) is 0 Å². The molecular weight excluding hydrogens is 226 g/mol. The van der Waals surface area contributed by atoms with Crippen LogP contribution in [-0.2, 0) is 4.74 Å². The number of ether oxygens (including phenoxy) is 1. The molecule has 102 valence electrons. The highest BCUT2D eigenvalue weighted by atomic mass is 16.5. The molecule has 0 N–H and O–H groups in total. The first kappa shape index (κ1) is 13.6. The lowest BCUT2D eigenvalue weighted by Crippen LogP contribution is -2.48. The summed E-state index contributed by atoms with van der Waals surface area (Å²) < 4.78 is 11.0. The third-order valence-corrected chi connectivity index (χ3v) is 3.74. The van der Waals surface area contributed by atoms with Crippen LogP contribution in [0.2, 0.25) is 0 Å². The number of nitrogens with zero attached hydrogens (tertiary/aromatic N) is 1. The van der Waals surface area contributed by atoms with E-state index in [-0.39, 0.29) is 0 Å². The van der Waals surface area contributed by atoms with Gasteiger partial charge in [-0.05, 0) is 39.1 Å². The first-order chi connectivity index (χ1) is 8.48. The van der Waals surface area contributed by atoms with Gasteiger partial charge in [0, 0.05) is 17.9 Å². The predicted molar refractivity (Wildman–Crippen MR) is 72.9 cm³/mol. The quantitative estimate of drug-likeness (QED) is 0.777. The van der Waals surface area contributed by atoms with Crippen molar-refractivity contribution in [1.29, 1.82) is 0 Å². The average Bonchev–Trinajstić information content (AvgIpc) is 2.70. The maximum atomic E-state index is 5.67. The van der Waals surface area contributed by atoms with E-state index in [1.165, 1.54) is 0 Å². The summed E-state index contributed by atoms with van der Waals surface area (Å²) in [6, 6.07) is 4.14. The van der Waals surface area contributed by atoms with Crippen molar-refractivity contribution < 1.29 is 9.15 Å². The second-order valence-corrected chi connectivity index (χ2v) is 6.18. The molecule has 1 aliphatic rings. The van der Waals surface area contributed by atoms with Crippen LogP contribution in [-0.4, -0.2) is 38.3 Å². The van der Waals surface area contributed by atoms with Crippen molar-refractivity contribution in [2.75, 3.05) is 33.4 Å². The van der Waals surface area contributed by atoms with Crippen LogP contribution in [0.25, 0.3) is 0 Å². The minimum absolute atomic E-state index is 0.374. The van der Waals surface area contributed by atoms with Gasteiger partial charge in [0.1, 0.15) is 11.5 Å². The summed E-state index contributed by atoms with van der Waals surface area (Å²) >= 11 is 0. The minimum atomic E-state index is 0.374. The summed E-state index contributed by atoms with van der Waals surface area (Å²) in [4.78, 5) is 2.41. The van der Waals surface area contributed by atoms with E-state index in [1.54, 1.807) is 0 Å². The molecule has 0 saturated carbocycles. The zero-order chi connectivity index (χ0) is 13.2. The molecule has 1 atom stereocenters. The fourth-order valence-corrected chi connectivity index (χ4v) is 2.55. The predicted octanol–water partition coefficient (Wildman–Crippen LogP) is 3.05. The van der Waals surface area contributed by atoms with Crippen LogP contribution < -0.4 is 0 Å². The van der Waals surface area contributed by atoms with Crippen LogP contribution in [0.4, 0.5) is 0 Å². The lowest BCUT2D eigenvalue weighted by Gasteiger charge is -2.41. The van der Waals surface area contributed by atoms with Crippen molar-refractivity contribution in [2.45, 2.75) is 33.1 Å². The van der Waals surface area contributed by atoms with Crippen LogP contribution in [0, 0.1) is 12.3 Å². The van der Waals surface area contributed by atoms with Gasteiger partial charge >= 0.3 is 0 Å². The average molecular weight is 251 g/mol. The fourth-order valence-electron chi connectivity index (χ4n) is 2.55. The maximum Gasteiger partial charge on any atom is 0.107 e. The first-order valence-corrected chi connectivity index (χ1v) is 6.81. The van der Waals surface area contributed by atoms with Crippen molar-refractivity contribution in [2.24, 2.45) is 5.41 Å². The summed E-state index contributed by atoms with van der Waals surface area (Å²) in [7, 11) is 2.20. The van der Waals surface area contributed by atoms with E-state index in [0.717, 1.165) is 44.2 Å². The molecule has 1 fully saturated rings. The van der Waals surface area contributed by atoms with Gasteiger partial charge in [-0.3, -0.25) is 0 Å². The standard InChI is InChI=1S/C15H25NO2/c1-12(14-6-5-13(2)18-14)7-8-16(4)9-15(3)10-17-11-15/h5-6,12H,7-11H2,1-4H3/t12-/m1/s1. The second kappa shape index (κ2) is 5.45. The van der Waals surface area contributed by atoms with Gasteiger partial charge in [-0.2, -0.15) is 0 Å². The number of rotatable bonds is 6.